The van der Waals surface area contributed by atoms with Gasteiger partial charge >= 0.3 is 0 Å². The van der Waals surface area contributed by atoms with Gasteiger partial charge in [0, 0.05) is 20.5 Å². The van der Waals surface area contributed by atoms with Crippen LogP contribution >= 0.6 is 0 Å². The summed E-state index contributed by atoms with van der Waals surface area (Å²) in [7, 11) is 0.896. The van der Waals surface area contributed by atoms with E-state index in [1.54, 1.807) is 24.3 Å². The highest BCUT2D eigenvalue weighted by atomic mass is 32.2. The first-order chi connectivity index (χ1) is 13.6. The maximum atomic E-state index is 12.5. The molecular formula is C21H28N2O5S. The standard InChI is InChI=1S/C21H28N2O5S/c1-15(2)28-20-9-7-6-8-18(20)22-21(24)13-10-16-14-17(11-12-19(16)27-5)29(25,26)23(3)4/h6-9,11-12,14-15H,10,13H2,1-5H3,(H,22,24). The van der Waals surface area contributed by atoms with Crippen LogP contribution in [-0.4, -0.2) is 45.9 Å². The summed E-state index contributed by atoms with van der Waals surface area (Å²) in [4.78, 5) is 12.6. The van der Waals surface area contributed by atoms with Gasteiger partial charge in [-0.25, -0.2) is 12.7 Å². The number of sulfonamides is 1. The van der Waals surface area contributed by atoms with Crippen LogP contribution in [-0.2, 0) is 21.2 Å². The predicted octanol–water partition coefficient (Wildman–Crippen LogP) is 3.30. The molecule has 2 rings (SSSR count). The number of nitrogens with one attached hydrogen (secondary N) is 1. The molecule has 0 unspecified atom stereocenters. The van der Waals surface area contributed by atoms with Gasteiger partial charge in [-0.2, -0.15) is 0 Å². The molecule has 0 heterocycles. The summed E-state index contributed by atoms with van der Waals surface area (Å²) in [5, 5.41) is 2.86. The normalized spacial score (nSPS) is 11.6. The lowest BCUT2D eigenvalue weighted by atomic mass is 10.1. The van der Waals surface area contributed by atoms with Gasteiger partial charge in [-0.3, -0.25) is 4.79 Å². The van der Waals surface area contributed by atoms with Crippen molar-refractivity contribution in [3.63, 3.8) is 0 Å². The summed E-state index contributed by atoms with van der Waals surface area (Å²) >= 11 is 0. The molecule has 0 aliphatic rings. The number of methoxy groups -OCH3 is 1. The summed E-state index contributed by atoms with van der Waals surface area (Å²) in [6, 6.07) is 11.9. The van der Waals surface area contributed by atoms with Crippen molar-refractivity contribution in [3.8, 4) is 11.5 Å². The largest absolute Gasteiger partial charge is 0.496 e. The Morgan fingerprint density at radius 2 is 1.79 bits per heavy atom. The van der Waals surface area contributed by atoms with E-state index in [-0.39, 0.29) is 23.3 Å². The van der Waals surface area contributed by atoms with E-state index in [0.29, 0.717) is 29.2 Å². The predicted molar refractivity (Wildman–Crippen MR) is 113 cm³/mol. The van der Waals surface area contributed by atoms with Crippen molar-refractivity contribution >= 4 is 21.6 Å². The molecule has 0 spiro atoms. The average molecular weight is 421 g/mol. The molecule has 0 saturated heterocycles. The van der Waals surface area contributed by atoms with Gasteiger partial charge in [0.25, 0.3) is 0 Å². The Labute approximate surface area is 172 Å². The van der Waals surface area contributed by atoms with Gasteiger partial charge in [0.1, 0.15) is 11.5 Å². The molecule has 2 aromatic rings. The van der Waals surface area contributed by atoms with Gasteiger partial charge in [0.15, 0.2) is 0 Å². The van der Waals surface area contributed by atoms with Gasteiger partial charge < -0.3 is 14.8 Å². The van der Waals surface area contributed by atoms with E-state index >= 15 is 0 Å². The number of para-hydroxylation sites is 2. The number of aryl methyl sites for hydroxylation is 1. The number of anilines is 1. The second-order valence-corrected chi connectivity index (χ2v) is 9.12. The van der Waals surface area contributed by atoms with E-state index in [1.165, 1.54) is 27.3 Å². The highest BCUT2D eigenvalue weighted by Crippen LogP contribution is 2.27. The van der Waals surface area contributed by atoms with Gasteiger partial charge in [-0.05, 0) is 56.2 Å². The monoisotopic (exact) mass is 420 g/mol. The van der Waals surface area contributed by atoms with Gasteiger partial charge in [-0.15, -0.1) is 0 Å². The minimum absolute atomic E-state index is 0.0151. The summed E-state index contributed by atoms with van der Waals surface area (Å²) in [5.41, 5.74) is 1.25. The van der Waals surface area contributed by atoms with Crippen LogP contribution < -0.4 is 14.8 Å². The van der Waals surface area contributed by atoms with Crippen LogP contribution in [0.25, 0.3) is 0 Å². The summed E-state index contributed by atoms with van der Waals surface area (Å²) < 4.78 is 37.0. The van der Waals surface area contributed by atoms with Crippen LogP contribution in [0.1, 0.15) is 25.8 Å². The molecule has 0 atom stereocenters. The second-order valence-electron chi connectivity index (χ2n) is 6.97. The van der Waals surface area contributed by atoms with E-state index in [0.717, 1.165) is 4.31 Å². The zero-order chi connectivity index (χ0) is 21.6. The molecule has 1 amide bonds. The van der Waals surface area contributed by atoms with Crippen molar-refractivity contribution in [2.24, 2.45) is 0 Å². The van der Waals surface area contributed by atoms with Crippen molar-refractivity contribution in [1.29, 1.82) is 0 Å². The summed E-state index contributed by atoms with van der Waals surface area (Å²) in [5.74, 6) is 0.944. The van der Waals surface area contributed by atoms with E-state index < -0.39 is 10.0 Å². The number of carbonyl (C=O) groups excluding carboxylic acids is 1. The smallest absolute Gasteiger partial charge is 0.242 e. The molecule has 7 nitrogen and oxygen atoms in total. The first-order valence-corrected chi connectivity index (χ1v) is 10.7. The number of amides is 1. The van der Waals surface area contributed by atoms with Crippen LogP contribution in [0, 0.1) is 0 Å². The van der Waals surface area contributed by atoms with Crippen molar-refractivity contribution in [3.05, 3.63) is 48.0 Å². The highest BCUT2D eigenvalue weighted by Gasteiger charge is 2.19. The van der Waals surface area contributed by atoms with Crippen molar-refractivity contribution in [2.75, 3.05) is 26.5 Å². The van der Waals surface area contributed by atoms with Crippen molar-refractivity contribution in [1.82, 2.24) is 4.31 Å². The van der Waals surface area contributed by atoms with Gasteiger partial charge in [-0.1, -0.05) is 12.1 Å². The Balaban J connectivity index is 2.14. The Hall–Kier alpha value is -2.58. The molecule has 0 aromatic heterocycles. The Morgan fingerprint density at radius 1 is 1.10 bits per heavy atom. The summed E-state index contributed by atoms with van der Waals surface area (Å²) in [6.07, 6.45) is 0.482. The molecule has 0 aliphatic carbocycles. The second kappa shape index (κ2) is 9.76. The Morgan fingerprint density at radius 3 is 2.41 bits per heavy atom. The molecule has 1 N–H and O–H groups in total. The molecule has 0 aliphatic heterocycles. The minimum Gasteiger partial charge on any atom is -0.496 e. The molecule has 2 aromatic carbocycles. The quantitative estimate of drug-likeness (QED) is 0.673. The third kappa shape index (κ3) is 5.95. The highest BCUT2D eigenvalue weighted by molar-refractivity contribution is 7.89. The number of carbonyl (C=O) groups is 1. The van der Waals surface area contributed by atoms with E-state index in [9.17, 15) is 13.2 Å². The number of nitrogens with zero attached hydrogens (tertiary/aromatic N) is 1. The molecule has 8 heteroatoms. The lowest BCUT2D eigenvalue weighted by molar-refractivity contribution is -0.116. The number of ether oxygens (including phenoxy) is 2. The van der Waals surface area contributed by atoms with Gasteiger partial charge in [0.05, 0.1) is 23.8 Å². The van der Waals surface area contributed by atoms with E-state index in [1.807, 2.05) is 26.0 Å². The molecule has 0 fully saturated rings. The van der Waals surface area contributed by atoms with Gasteiger partial charge in [0.2, 0.25) is 15.9 Å². The van der Waals surface area contributed by atoms with Crippen LogP contribution in [0.15, 0.2) is 47.4 Å². The number of benzene rings is 2. The van der Waals surface area contributed by atoms with Crippen molar-refractivity contribution < 1.29 is 22.7 Å². The maximum Gasteiger partial charge on any atom is 0.242 e. The molecule has 158 valence electrons. The lowest BCUT2D eigenvalue weighted by Gasteiger charge is -2.16. The van der Waals surface area contributed by atoms with Crippen LogP contribution in [0.5, 0.6) is 11.5 Å². The van der Waals surface area contributed by atoms with Crippen LogP contribution in [0.2, 0.25) is 0 Å². The van der Waals surface area contributed by atoms with E-state index in [2.05, 4.69) is 5.32 Å². The lowest BCUT2D eigenvalue weighted by Crippen LogP contribution is -2.22. The van der Waals surface area contributed by atoms with E-state index in [4.69, 9.17) is 9.47 Å². The van der Waals surface area contributed by atoms with Crippen LogP contribution in [0.4, 0.5) is 5.69 Å². The van der Waals surface area contributed by atoms with Crippen LogP contribution in [0.3, 0.4) is 0 Å². The average Bonchev–Trinajstić information content (AvgIpc) is 2.67. The minimum atomic E-state index is -3.57. The zero-order valence-corrected chi connectivity index (χ0v) is 18.2. The Bertz CT molecular complexity index is 955. The summed E-state index contributed by atoms with van der Waals surface area (Å²) in [6.45, 7) is 3.83. The fourth-order valence-electron chi connectivity index (χ4n) is 2.71. The SMILES string of the molecule is COc1ccc(S(=O)(=O)N(C)C)cc1CCC(=O)Nc1ccccc1OC(C)C. The number of hydrogen-bond donors (Lipinski definition) is 1. The molecule has 0 radical (unpaired) electrons. The third-order valence-electron chi connectivity index (χ3n) is 4.18. The zero-order valence-electron chi connectivity index (χ0n) is 17.4. The molecule has 0 bridgehead atoms. The first kappa shape index (κ1) is 22.7. The molecule has 29 heavy (non-hydrogen) atoms. The number of hydrogen-bond acceptors (Lipinski definition) is 5. The molecule has 0 saturated carbocycles. The topological polar surface area (TPSA) is 84.9 Å². The Kier molecular flexibility index (Phi) is 7.64. The fraction of sp³-hybridized carbons (Fsp3) is 0.381. The maximum absolute atomic E-state index is 12.5. The van der Waals surface area contributed by atoms with Crippen molar-refractivity contribution in [2.45, 2.75) is 37.7 Å². The fourth-order valence-corrected chi connectivity index (χ4v) is 3.66. The molecular weight excluding hydrogens is 392 g/mol. The number of rotatable bonds is 9. The third-order valence-corrected chi connectivity index (χ3v) is 5.99. The first-order valence-electron chi connectivity index (χ1n) is 9.30.